The number of aromatic nitrogens is 2. The average molecular weight is 369 g/mol. The Morgan fingerprint density at radius 2 is 2.15 bits per heavy atom. The van der Waals surface area contributed by atoms with Gasteiger partial charge in [-0.3, -0.25) is 9.78 Å². The summed E-state index contributed by atoms with van der Waals surface area (Å²) in [6, 6.07) is 7.72. The van der Waals surface area contributed by atoms with Gasteiger partial charge in [-0.1, -0.05) is 17.7 Å². The van der Waals surface area contributed by atoms with Crippen molar-refractivity contribution in [2.45, 2.75) is 6.42 Å². The van der Waals surface area contributed by atoms with Gasteiger partial charge < -0.3 is 10.2 Å². The second kappa shape index (κ2) is 7.46. The van der Waals surface area contributed by atoms with Gasteiger partial charge in [-0.15, -0.1) is 0 Å². The fraction of sp³-hybridized carbons (Fsp3) is 0.350. The van der Waals surface area contributed by atoms with Crippen LogP contribution in [0.3, 0.4) is 0 Å². The monoisotopic (exact) mass is 368 g/mol. The zero-order valence-corrected chi connectivity index (χ0v) is 15.1. The Balaban J connectivity index is 1.18. The third-order valence-corrected chi connectivity index (χ3v) is 5.54. The molecule has 134 valence electrons. The number of hydrogen-bond donors (Lipinski definition) is 1. The zero-order chi connectivity index (χ0) is 17.9. The van der Waals surface area contributed by atoms with Crippen LogP contribution in [0.4, 0.5) is 5.69 Å². The molecule has 1 N–H and O–H groups in total. The highest BCUT2D eigenvalue weighted by atomic mass is 35.5. The van der Waals surface area contributed by atoms with E-state index in [1.807, 2.05) is 24.3 Å². The molecule has 3 heterocycles. The van der Waals surface area contributed by atoms with Gasteiger partial charge in [-0.25, -0.2) is 4.98 Å². The third kappa shape index (κ3) is 3.88. The molecule has 0 radical (unpaired) electrons. The number of hydrogen-bond acceptors (Lipinski definition) is 4. The normalized spacial score (nSPS) is 23.9. The highest BCUT2D eigenvalue weighted by Crippen LogP contribution is 2.54. The maximum atomic E-state index is 11.9. The molecule has 3 atom stereocenters. The molecule has 6 heteroatoms. The lowest BCUT2D eigenvalue weighted by Gasteiger charge is -2.22. The topological polar surface area (TPSA) is 58.1 Å². The van der Waals surface area contributed by atoms with Gasteiger partial charge in [0.25, 0.3) is 0 Å². The quantitative estimate of drug-likeness (QED) is 0.629. The number of rotatable bonds is 6. The summed E-state index contributed by atoms with van der Waals surface area (Å²) in [6.45, 7) is 2.88. The molecule has 4 rings (SSSR count). The predicted octanol–water partition coefficient (Wildman–Crippen LogP) is 3.03. The van der Waals surface area contributed by atoms with Crippen molar-refractivity contribution in [1.29, 1.82) is 0 Å². The second-order valence-electron chi connectivity index (χ2n) is 6.93. The molecule has 0 aromatic carbocycles. The summed E-state index contributed by atoms with van der Waals surface area (Å²) >= 11 is 5.98. The van der Waals surface area contributed by atoms with E-state index in [1.165, 1.54) is 0 Å². The largest absolute Gasteiger partial charge is 0.371 e. The van der Waals surface area contributed by atoms with Crippen molar-refractivity contribution >= 4 is 29.3 Å². The van der Waals surface area contributed by atoms with E-state index >= 15 is 0 Å². The summed E-state index contributed by atoms with van der Waals surface area (Å²) in [7, 11) is 0. The number of carbonyl (C=O) groups is 1. The van der Waals surface area contributed by atoms with E-state index in [9.17, 15) is 4.79 Å². The maximum absolute atomic E-state index is 11.9. The van der Waals surface area contributed by atoms with Crippen LogP contribution in [0.15, 0.2) is 48.9 Å². The molecule has 1 saturated carbocycles. The molecule has 5 nitrogen and oxygen atoms in total. The molecule has 1 aliphatic carbocycles. The lowest BCUT2D eigenvalue weighted by molar-refractivity contribution is -0.116. The lowest BCUT2D eigenvalue weighted by atomic mass is 10.2. The SMILES string of the molecule is O=C(/C=C/c1cccnc1)NCC[C@@H]1[C@H]2CN(c3ccnc(Cl)c3)C[C@@H]12. The number of piperidine rings is 1. The van der Waals surface area contributed by atoms with E-state index in [1.54, 1.807) is 30.7 Å². The number of fused-ring (bicyclic) bond motifs is 1. The van der Waals surface area contributed by atoms with Crippen molar-refractivity contribution in [3.05, 3.63) is 59.6 Å². The number of nitrogens with one attached hydrogen (secondary N) is 1. The van der Waals surface area contributed by atoms with Crippen molar-refractivity contribution in [2.24, 2.45) is 17.8 Å². The summed E-state index contributed by atoms with van der Waals surface area (Å²) in [6.07, 6.45) is 9.61. The van der Waals surface area contributed by atoms with E-state index in [4.69, 9.17) is 11.6 Å². The van der Waals surface area contributed by atoms with Crippen LogP contribution in [0.25, 0.3) is 6.08 Å². The summed E-state index contributed by atoms with van der Waals surface area (Å²) < 4.78 is 0. The molecular formula is C20H21ClN4O. The summed E-state index contributed by atoms with van der Waals surface area (Å²) in [5, 5.41) is 3.52. The number of anilines is 1. The molecule has 2 aromatic rings. The van der Waals surface area contributed by atoms with Crippen LogP contribution in [-0.2, 0) is 4.79 Å². The summed E-state index contributed by atoms with van der Waals surface area (Å²) in [4.78, 5) is 22.3. The molecule has 0 spiro atoms. The first-order valence-corrected chi connectivity index (χ1v) is 9.31. The van der Waals surface area contributed by atoms with E-state index in [2.05, 4.69) is 20.2 Å². The van der Waals surface area contributed by atoms with Gasteiger partial charge in [-0.2, -0.15) is 0 Å². The van der Waals surface area contributed by atoms with Gasteiger partial charge in [0.15, 0.2) is 0 Å². The van der Waals surface area contributed by atoms with Crippen LogP contribution in [0, 0.1) is 17.8 Å². The molecule has 26 heavy (non-hydrogen) atoms. The minimum absolute atomic E-state index is 0.0484. The van der Waals surface area contributed by atoms with Gasteiger partial charge in [0.05, 0.1) is 0 Å². The average Bonchev–Trinajstić information content (AvgIpc) is 3.10. The van der Waals surface area contributed by atoms with Crippen molar-refractivity contribution in [3.63, 3.8) is 0 Å². The van der Waals surface area contributed by atoms with E-state index in [-0.39, 0.29) is 5.91 Å². The molecule has 0 unspecified atom stereocenters. The third-order valence-electron chi connectivity index (χ3n) is 5.34. The number of carbonyl (C=O) groups excluding carboxylic acids is 1. The minimum atomic E-state index is -0.0484. The molecule has 2 aromatic heterocycles. The van der Waals surface area contributed by atoms with Gasteiger partial charge in [0.2, 0.25) is 5.91 Å². The first-order valence-electron chi connectivity index (χ1n) is 8.93. The number of pyridine rings is 2. The molecule has 2 fully saturated rings. The Bertz CT molecular complexity index is 798. The number of nitrogens with zero attached hydrogens (tertiary/aromatic N) is 3. The smallest absolute Gasteiger partial charge is 0.244 e. The van der Waals surface area contributed by atoms with Crippen molar-refractivity contribution in [3.8, 4) is 0 Å². The van der Waals surface area contributed by atoms with Crippen LogP contribution >= 0.6 is 11.6 Å². The lowest BCUT2D eigenvalue weighted by Crippen LogP contribution is -2.26. The van der Waals surface area contributed by atoms with Crippen LogP contribution in [0.1, 0.15) is 12.0 Å². The Morgan fingerprint density at radius 1 is 1.31 bits per heavy atom. The first-order chi connectivity index (χ1) is 12.7. The highest BCUT2D eigenvalue weighted by molar-refractivity contribution is 6.29. The summed E-state index contributed by atoms with van der Waals surface area (Å²) in [5.41, 5.74) is 2.08. The Kier molecular flexibility index (Phi) is 4.89. The van der Waals surface area contributed by atoms with Gasteiger partial charge in [-0.05, 0) is 54.0 Å². The van der Waals surface area contributed by atoms with Crippen LogP contribution < -0.4 is 10.2 Å². The maximum Gasteiger partial charge on any atom is 0.244 e. The van der Waals surface area contributed by atoms with E-state index < -0.39 is 0 Å². The van der Waals surface area contributed by atoms with E-state index in [0.29, 0.717) is 5.15 Å². The Morgan fingerprint density at radius 3 is 2.88 bits per heavy atom. The van der Waals surface area contributed by atoms with Crippen LogP contribution in [0.5, 0.6) is 0 Å². The number of halogens is 1. The molecule has 1 aliphatic heterocycles. The standard InChI is InChI=1S/C20H21ClN4O/c21-19-10-15(5-8-23-19)25-12-17-16(18(17)13-25)6-9-24-20(26)4-3-14-2-1-7-22-11-14/h1-5,7-8,10-11,16-18H,6,9,12-13H2,(H,24,26)/b4-3+/t16-,17-,18+. The predicted molar refractivity (Wildman–Crippen MR) is 103 cm³/mol. The molecule has 2 aliphatic rings. The minimum Gasteiger partial charge on any atom is -0.371 e. The van der Waals surface area contributed by atoms with Crippen molar-refractivity contribution in [2.75, 3.05) is 24.5 Å². The van der Waals surface area contributed by atoms with Gasteiger partial charge in [0.1, 0.15) is 5.15 Å². The fourth-order valence-electron chi connectivity index (χ4n) is 3.94. The van der Waals surface area contributed by atoms with Gasteiger partial charge in [0, 0.05) is 50.0 Å². The van der Waals surface area contributed by atoms with Crippen molar-refractivity contribution in [1.82, 2.24) is 15.3 Å². The van der Waals surface area contributed by atoms with Crippen molar-refractivity contribution < 1.29 is 4.79 Å². The summed E-state index contributed by atoms with van der Waals surface area (Å²) in [5.74, 6) is 2.16. The molecular weight excluding hydrogens is 348 g/mol. The molecule has 1 saturated heterocycles. The molecule has 1 amide bonds. The van der Waals surface area contributed by atoms with E-state index in [0.717, 1.165) is 55.1 Å². The first kappa shape index (κ1) is 17.0. The molecule has 0 bridgehead atoms. The Labute approximate surface area is 158 Å². The van der Waals surface area contributed by atoms with Gasteiger partial charge >= 0.3 is 0 Å². The zero-order valence-electron chi connectivity index (χ0n) is 14.4. The Hall–Kier alpha value is -2.40. The second-order valence-corrected chi connectivity index (χ2v) is 7.32. The van der Waals surface area contributed by atoms with Crippen LogP contribution in [0.2, 0.25) is 5.15 Å². The van der Waals surface area contributed by atoms with Crippen LogP contribution in [-0.4, -0.2) is 35.5 Å². The number of amides is 1. The fourth-order valence-corrected chi connectivity index (χ4v) is 4.11. The highest BCUT2D eigenvalue weighted by Gasteiger charge is 2.54.